The van der Waals surface area contributed by atoms with Crippen LogP contribution in [0.4, 0.5) is 17.2 Å². The molecular formula is C41H45N9O7S. The largest absolute Gasteiger partial charge is 0.496 e. The predicted molar refractivity (Wildman–Crippen MR) is 215 cm³/mol. The number of hydrogen-bond acceptors (Lipinski definition) is 12. The molecule has 1 unspecified atom stereocenters. The second kappa shape index (κ2) is 15.4. The summed E-state index contributed by atoms with van der Waals surface area (Å²) in [6, 6.07) is 18.1. The first kappa shape index (κ1) is 37.6. The highest BCUT2D eigenvalue weighted by molar-refractivity contribution is 7.92. The van der Waals surface area contributed by atoms with Crippen molar-refractivity contribution in [2.45, 2.75) is 62.2 Å². The molecule has 0 bridgehead atoms. The third kappa shape index (κ3) is 7.46. The van der Waals surface area contributed by atoms with Gasteiger partial charge in [0.15, 0.2) is 11.4 Å². The Morgan fingerprint density at radius 3 is 2.57 bits per heavy atom. The van der Waals surface area contributed by atoms with Gasteiger partial charge >= 0.3 is 0 Å². The number of anilines is 3. The molecule has 3 N–H and O–H groups in total. The Morgan fingerprint density at radius 2 is 1.78 bits per heavy atom. The van der Waals surface area contributed by atoms with Crippen LogP contribution < -0.4 is 29.9 Å². The minimum Gasteiger partial charge on any atom is -0.496 e. The summed E-state index contributed by atoms with van der Waals surface area (Å²) in [7, 11) is -2.49. The van der Waals surface area contributed by atoms with Crippen LogP contribution in [0.5, 0.6) is 5.75 Å². The Hall–Kier alpha value is -5.94. The molecular weight excluding hydrogens is 763 g/mol. The molecule has 0 aliphatic carbocycles. The molecule has 9 rings (SSSR count). The van der Waals surface area contributed by atoms with Crippen molar-refractivity contribution >= 4 is 55.9 Å². The normalized spacial score (nSPS) is 20.2. The summed E-state index contributed by atoms with van der Waals surface area (Å²) in [6.45, 7) is 5.18. The molecule has 302 valence electrons. The summed E-state index contributed by atoms with van der Waals surface area (Å²) in [5.41, 5.74) is 4.73. The zero-order valence-electron chi connectivity index (χ0n) is 32.1. The summed E-state index contributed by atoms with van der Waals surface area (Å²) in [5.74, 6) is 0.128. The fourth-order valence-electron chi connectivity index (χ4n) is 8.69. The lowest BCUT2D eigenvalue weighted by atomic mass is 10.0. The topological polar surface area (TPSA) is 184 Å². The number of methoxy groups -OCH3 is 1. The first-order valence-corrected chi connectivity index (χ1v) is 21.2. The van der Waals surface area contributed by atoms with Crippen LogP contribution in [-0.2, 0) is 32.7 Å². The summed E-state index contributed by atoms with van der Waals surface area (Å²) >= 11 is 0. The van der Waals surface area contributed by atoms with E-state index in [-0.39, 0.29) is 28.9 Å². The van der Waals surface area contributed by atoms with E-state index in [1.165, 1.54) is 7.11 Å². The van der Waals surface area contributed by atoms with E-state index in [4.69, 9.17) is 9.26 Å². The Labute approximate surface area is 335 Å². The number of fused-ring (bicyclic) bond motifs is 2. The van der Waals surface area contributed by atoms with Crippen LogP contribution in [-0.4, -0.2) is 97.9 Å². The molecule has 2 atom stereocenters. The molecule has 0 saturated carbocycles. The minimum atomic E-state index is -4.01. The number of piperidine rings is 2. The maximum Gasteiger partial charge on any atom is 0.263 e. The molecule has 4 aliphatic rings. The predicted octanol–water partition coefficient (Wildman–Crippen LogP) is 3.73. The van der Waals surface area contributed by atoms with E-state index in [0.717, 1.165) is 74.5 Å². The average Bonchev–Trinajstić information content (AvgIpc) is 4.05. The van der Waals surface area contributed by atoms with E-state index in [9.17, 15) is 22.8 Å². The van der Waals surface area contributed by atoms with Crippen molar-refractivity contribution < 1.29 is 32.1 Å². The average molecular weight is 808 g/mol. The van der Waals surface area contributed by atoms with Gasteiger partial charge in [-0.05, 0) is 104 Å². The molecule has 16 nitrogen and oxygen atoms in total. The van der Waals surface area contributed by atoms with Crippen LogP contribution in [0, 0.1) is 5.92 Å². The fraction of sp³-hybridized carbons (Fsp3) is 0.390. The number of imide groups is 1. The number of aromatic nitrogens is 3. The Bertz CT molecular complexity index is 2480. The van der Waals surface area contributed by atoms with Crippen LogP contribution >= 0.6 is 0 Å². The number of hydrogen-bond donors (Lipinski definition) is 3. The molecule has 58 heavy (non-hydrogen) atoms. The monoisotopic (exact) mass is 807 g/mol. The van der Waals surface area contributed by atoms with E-state index in [2.05, 4.69) is 41.5 Å². The lowest BCUT2D eigenvalue weighted by Gasteiger charge is -2.34. The number of ether oxygens (including phenoxy) is 1. The summed E-state index contributed by atoms with van der Waals surface area (Å²) in [6.07, 6.45) is 7.06. The lowest BCUT2D eigenvalue weighted by molar-refractivity contribution is -0.136. The molecule has 3 amide bonds. The molecule has 2 aromatic heterocycles. The standard InChI is InChI=1S/C41H45N9O7S/c1-56-35-18-27(24-49-14-3-13-43-49)19-36-38(35)39(45-57-36)46-58(54,55)32-5-2-4-30(21-32)47-16-11-29(12-17-47)42-22-26-10-15-48(23-26)31-6-7-33-28(20-31)25-50(41(33)53)34-8-9-37(51)44-40(34)52/h2-7,13-14,18-21,26,29,34,42H,8-12,15-17,22-25H2,1H3,(H,45,46)(H,44,51,52)/t26?,34-/m0/s1. The highest BCUT2D eigenvalue weighted by Gasteiger charge is 2.39. The summed E-state index contributed by atoms with van der Waals surface area (Å²) < 4.78 is 42.9. The SMILES string of the molecule is COc1cc(Cn2cccn2)cc2onc(NS(=O)(=O)c3cccc(N4CCC(NCC5CCN(c6ccc7c(c6)CN([C@H]6CCC(=O)NC6=O)C7=O)C5)CC4)c3)c12. The second-order valence-electron chi connectivity index (χ2n) is 15.5. The molecule has 3 fully saturated rings. The van der Waals surface area contributed by atoms with Crippen molar-refractivity contribution in [3.63, 3.8) is 0 Å². The molecule has 0 spiro atoms. The molecule has 0 radical (unpaired) electrons. The molecule has 17 heteroatoms. The van der Waals surface area contributed by atoms with Gasteiger partial charge in [-0.25, -0.2) is 8.42 Å². The van der Waals surface area contributed by atoms with Gasteiger partial charge in [0.25, 0.3) is 15.9 Å². The molecule has 5 aromatic rings. The number of sulfonamides is 1. The number of carbonyl (C=O) groups excluding carboxylic acids is 3. The maximum atomic E-state index is 13.7. The zero-order valence-corrected chi connectivity index (χ0v) is 32.9. The number of carbonyl (C=O) groups is 3. The molecule has 3 saturated heterocycles. The van der Waals surface area contributed by atoms with Crippen molar-refractivity contribution in [3.05, 3.63) is 89.7 Å². The van der Waals surface area contributed by atoms with Crippen molar-refractivity contribution in [2.24, 2.45) is 5.92 Å². The second-order valence-corrected chi connectivity index (χ2v) is 17.2. The Balaban J connectivity index is 0.770. The third-order valence-corrected chi connectivity index (χ3v) is 13.1. The van der Waals surface area contributed by atoms with Gasteiger partial charge in [0.1, 0.15) is 17.2 Å². The number of nitrogens with one attached hydrogen (secondary N) is 3. The van der Waals surface area contributed by atoms with Gasteiger partial charge in [-0.2, -0.15) is 5.10 Å². The highest BCUT2D eigenvalue weighted by Crippen LogP contribution is 2.36. The van der Waals surface area contributed by atoms with Crippen molar-refractivity contribution in [2.75, 3.05) is 54.4 Å². The zero-order chi connectivity index (χ0) is 40.0. The van der Waals surface area contributed by atoms with Crippen LogP contribution in [0.1, 0.15) is 53.6 Å². The van der Waals surface area contributed by atoms with Crippen LogP contribution in [0.3, 0.4) is 0 Å². The van der Waals surface area contributed by atoms with Crippen LogP contribution in [0.15, 0.2) is 82.5 Å². The quantitative estimate of drug-likeness (QED) is 0.156. The minimum absolute atomic E-state index is 0.0577. The van der Waals surface area contributed by atoms with Gasteiger partial charge in [-0.3, -0.25) is 29.1 Å². The summed E-state index contributed by atoms with van der Waals surface area (Å²) in [5, 5.41) is 14.9. The van der Waals surface area contributed by atoms with Crippen LogP contribution in [0.25, 0.3) is 11.0 Å². The molecule has 4 aliphatic heterocycles. The van der Waals surface area contributed by atoms with Crippen molar-refractivity contribution in [1.29, 1.82) is 0 Å². The van der Waals surface area contributed by atoms with Gasteiger partial charge in [-0.1, -0.05) is 11.2 Å². The maximum absolute atomic E-state index is 13.7. The van der Waals surface area contributed by atoms with E-state index in [0.29, 0.717) is 53.8 Å². The number of amides is 3. The number of rotatable bonds is 12. The number of benzene rings is 3. The van der Waals surface area contributed by atoms with Gasteiger partial charge in [0, 0.05) is 74.5 Å². The van der Waals surface area contributed by atoms with Crippen LogP contribution in [0.2, 0.25) is 0 Å². The van der Waals surface area contributed by atoms with E-state index >= 15 is 0 Å². The van der Waals surface area contributed by atoms with Gasteiger partial charge in [0.2, 0.25) is 11.8 Å². The molecule has 3 aromatic carbocycles. The number of nitrogens with zero attached hydrogens (tertiary/aromatic N) is 6. The fourth-order valence-corrected chi connectivity index (χ4v) is 9.74. The van der Waals surface area contributed by atoms with Crippen molar-refractivity contribution in [3.8, 4) is 5.75 Å². The first-order valence-electron chi connectivity index (χ1n) is 19.7. The smallest absolute Gasteiger partial charge is 0.263 e. The summed E-state index contributed by atoms with van der Waals surface area (Å²) in [4.78, 5) is 43.5. The highest BCUT2D eigenvalue weighted by atomic mass is 32.2. The van der Waals surface area contributed by atoms with Gasteiger partial charge < -0.3 is 29.3 Å². The van der Waals surface area contributed by atoms with Gasteiger partial charge in [-0.15, -0.1) is 0 Å². The molecule has 6 heterocycles. The van der Waals surface area contributed by atoms with E-state index in [1.807, 2.05) is 36.5 Å². The first-order chi connectivity index (χ1) is 28.1. The Morgan fingerprint density at radius 1 is 0.948 bits per heavy atom. The third-order valence-electron chi connectivity index (χ3n) is 11.8. The van der Waals surface area contributed by atoms with E-state index in [1.54, 1.807) is 40.0 Å². The van der Waals surface area contributed by atoms with Gasteiger partial charge in [0.05, 0.1) is 18.6 Å². The van der Waals surface area contributed by atoms with Crippen molar-refractivity contribution in [1.82, 2.24) is 30.5 Å². The lowest BCUT2D eigenvalue weighted by Crippen LogP contribution is -2.52. The Kier molecular flexibility index (Phi) is 10.0. The van der Waals surface area contributed by atoms with E-state index < -0.39 is 22.0 Å².